The normalized spacial score (nSPS) is 23.6. The van der Waals surface area contributed by atoms with Gasteiger partial charge in [0.2, 0.25) is 0 Å². The highest BCUT2D eigenvalue weighted by Gasteiger charge is 2.46. The first-order valence-electron chi connectivity index (χ1n) is 10.6. The van der Waals surface area contributed by atoms with Gasteiger partial charge < -0.3 is 16.0 Å². The van der Waals surface area contributed by atoms with Crippen LogP contribution in [0.2, 0.25) is 0 Å². The number of rotatable bonds is 8. The van der Waals surface area contributed by atoms with Crippen molar-refractivity contribution in [1.29, 1.82) is 0 Å². The number of aliphatic imine (C=N–C) groups is 1. The van der Waals surface area contributed by atoms with E-state index in [-0.39, 0.29) is 17.4 Å². The second-order valence-corrected chi connectivity index (χ2v) is 8.28. The van der Waals surface area contributed by atoms with Crippen molar-refractivity contribution < 1.29 is 9.59 Å². The van der Waals surface area contributed by atoms with E-state index < -0.39 is 5.54 Å². The molecule has 1 aromatic rings. The minimum atomic E-state index is -0.767. The van der Waals surface area contributed by atoms with Crippen molar-refractivity contribution in [2.45, 2.75) is 56.9 Å². The molecule has 1 unspecified atom stereocenters. The lowest BCUT2D eigenvalue weighted by molar-refractivity contribution is -0.130. The average Bonchev–Trinajstić information content (AvgIpc) is 2.92. The van der Waals surface area contributed by atoms with Crippen LogP contribution in [0.15, 0.2) is 35.3 Å². The molecule has 3 rings (SSSR count). The van der Waals surface area contributed by atoms with Crippen molar-refractivity contribution in [3.63, 3.8) is 0 Å². The highest BCUT2D eigenvalue weighted by atomic mass is 16.2. The molecule has 7 nitrogen and oxygen atoms in total. The fourth-order valence-electron chi connectivity index (χ4n) is 4.07. The van der Waals surface area contributed by atoms with Crippen molar-refractivity contribution in [2.24, 2.45) is 4.99 Å². The Morgan fingerprint density at radius 1 is 1.21 bits per heavy atom. The van der Waals surface area contributed by atoms with Crippen LogP contribution in [-0.4, -0.2) is 55.0 Å². The summed E-state index contributed by atoms with van der Waals surface area (Å²) in [6.45, 7) is 5.57. The number of imide groups is 1. The Bertz CT molecular complexity index is 760. The molecule has 3 N–H and O–H groups in total. The summed E-state index contributed by atoms with van der Waals surface area (Å²) in [5, 5.41) is 9.54. The molecule has 1 saturated carbocycles. The first-order chi connectivity index (χ1) is 13.9. The highest BCUT2D eigenvalue weighted by Crippen LogP contribution is 2.43. The molecular weight excluding hydrogens is 366 g/mol. The zero-order valence-electron chi connectivity index (χ0n) is 17.8. The summed E-state index contributed by atoms with van der Waals surface area (Å²) in [6.07, 6.45) is 4.88. The molecule has 1 saturated heterocycles. The summed E-state index contributed by atoms with van der Waals surface area (Å²) >= 11 is 0. The van der Waals surface area contributed by atoms with E-state index in [0.717, 1.165) is 12.5 Å². The van der Waals surface area contributed by atoms with E-state index in [0.29, 0.717) is 25.9 Å². The maximum Gasteiger partial charge on any atom is 0.325 e. The van der Waals surface area contributed by atoms with Crippen LogP contribution >= 0.6 is 0 Å². The minimum absolute atomic E-state index is 0.137. The van der Waals surface area contributed by atoms with Crippen molar-refractivity contribution in [3.05, 3.63) is 35.9 Å². The topological polar surface area (TPSA) is 85.8 Å². The van der Waals surface area contributed by atoms with Gasteiger partial charge in [-0.2, -0.15) is 0 Å². The van der Waals surface area contributed by atoms with Gasteiger partial charge in [-0.1, -0.05) is 43.7 Å². The van der Waals surface area contributed by atoms with Crippen LogP contribution in [0, 0.1) is 0 Å². The molecule has 7 heteroatoms. The smallest absolute Gasteiger partial charge is 0.325 e. The van der Waals surface area contributed by atoms with E-state index in [4.69, 9.17) is 0 Å². The van der Waals surface area contributed by atoms with E-state index in [9.17, 15) is 9.59 Å². The molecule has 0 radical (unpaired) electrons. The fraction of sp³-hybridized carbons (Fsp3) is 0.591. The summed E-state index contributed by atoms with van der Waals surface area (Å²) in [5.74, 6) is 0.616. The molecule has 158 valence electrons. The molecule has 1 aliphatic carbocycles. The lowest BCUT2D eigenvalue weighted by Gasteiger charge is -2.43. The molecule has 0 bridgehead atoms. The molecule has 2 fully saturated rings. The van der Waals surface area contributed by atoms with Gasteiger partial charge in [0.05, 0.1) is 0 Å². The summed E-state index contributed by atoms with van der Waals surface area (Å²) in [6, 6.07) is 10.4. The molecular formula is C22H33N5O2. The van der Waals surface area contributed by atoms with Crippen LogP contribution in [0.3, 0.4) is 0 Å². The number of amides is 3. The zero-order chi connectivity index (χ0) is 20.9. The molecule has 1 heterocycles. The van der Waals surface area contributed by atoms with Gasteiger partial charge in [0.1, 0.15) is 5.54 Å². The summed E-state index contributed by atoms with van der Waals surface area (Å²) in [7, 11) is 1.76. The van der Waals surface area contributed by atoms with Gasteiger partial charge in [0.15, 0.2) is 5.96 Å². The predicted octanol–water partition coefficient (Wildman–Crippen LogP) is 2.38. The number of urea groups is 1. The van der Waals surface area contributed by atoms with Gasteiger partial charge in [-0.05, 0) is 38.2 Å². The molecule has 0 aromatic heterocycles. The maximum absolute atomic E-state index is 12.4. The van der Waals surface area contributed by atoms with Gasteiger partial charge in [-0.3, -0.25) is 14.7 Å². The van der Waals surface area contributed by atoms with Gasteiger partial charge in [0.25, 0.3) is 5.91 Å². The Labute approximate surface area is 173 Å². The molecule has 1 atom stereocenters. The first kappa shape index (κ1) is 21.1. The third-order valence-corrected chi connectivity index (χ3v) is 6.42. The molecule has 1 aliphatic heterocycles. The molecule has 0 spiro atoms. The van der Waals surface area contributed by atoms with Gasteiger partial charge >= 0.3 is 6.03 Å². The SMILES string of the molecule is CCC1(C)NC(=O)N(CCCNC(=NC)NCC2(c3ccccc3)CCC2)C1=O. The average molecular weight is 400 g/mol. The van der Waals surface area contributed by atoms with Crippen molar-refractivity contribution in [3.8, 4) is 0 Å². The number of hydrogen-bond acceptors (Lipinski definition) is 3. The van der Waals surface area contributed by atoms with Crippen molar-refractivity contribution in [1.82, 2.24) is 20.9 Å². The molecule has 29 heavy (non-hydrogen) atoms. The number of carbonyl (C=O) groups excluding carboxylic acids is 2. The summed E-state index contributed by atoms with van der Waals surface area (Å²) in [5.41, 5.74) is 0.798. The Morgan fingerprint density at radius 3 is 2.48 bits per heavy atom. The zero-order valence-corrected chi connectivity index (χ0v) is 17.8. The molecule has 3 amide bonds. The van der Waals surface area contributed by atoms with Gasteiger partial charge in [0, 0.05) is 32.1 Å². The lowest BCUT2D eigenvalue weighted by Crippen LogP contribution is -2.49. The van der Waals surface area contributed by atoms with Gasteiger partial charge in [-0.25, -0.2) is 4.79 Å². The number of benzene rings is 1. The Kier molecular flexibility index (Phi) is 6.45. The maximum atomic E-state index is 12.4. The largest absolute Gasteiger partial charge is 0.356 e. The van der Waals surface area contributed by atoms with E-state index in [1.54, 1.807) is 14.0 Å². The standard InChI is InChI=1S/C22H33N5O2/c1-4-21(2)18(28)27(20(29)26-21)15-9-14-24-19(23-3)25-16-22(12-8-13-22)17-10-6-5-7-11-17/h5-7,10-11H,4,8-9,12-16H2,1-3H3,(H,26,29)(H2,23,24,25). The van der Waals surface area contributed by atoms with Crippen molar-refractivity contribution in [2.75, 3.05) is 26.7 Å². The minimum Gasteiger partial charge on any atom is -0.356 e. The lowest BCUT2D eigenvalue weighted by atomic mass is 9.64. The van der Waals surface area contributed by atoms with Crippen LogP contribution < -0.4 is 16.0 Å². The van der Waals surface area contributed by atoms with Crippen LogP contribution in [0.1, 0.15) is 51.5 Å². The predicted molar refractivity (Wildman–Crippen MR) is 115 cm³/mol. The third-order valence-electron chi connectivity index (χ3n) is 6.42. The monoisotopic (exact) mass is 399 g/mol. The quantitative estimate of drug-likeness (QED) is 0.271. The van der Waals surface area contributed by atoms with Crippen LogP contribution in [0.4, 0.5) is 4.79 Å². The van der Waals surface area contributed by atoms with Crippen LogP contribution in [-0.2, 0) is 10.2 Å². The number of hydrogen-bond donors (Lipinski definition) is 3. The number of guanidine groups is 1. The second-order valence-electron chi connectivity index (χ2n) is 8.28. The summed E-state index contributed by atoms with van der Waals surface area (Å²) < 4.78 is 0. The number of nitrogens with zero attached hydrogens (tertiary/aromatic N) is 2. The van der Waals surface area contributed by atoms with E-state index in [1.807, 2.05) is 6.92 Å². The molecule has 1 aromatic carbocycles. The van der Waals surface area contributed by atoms with Crippen LogP contribution in [0.25, 0.3) is 0 Å². The van der Waals surface area contributed by atoms with E-state index >= 15 is 0 Å². The van der Waals surface area contributed by atoms with Crippen molar-refractivity contribution >= 4 is 17.9 Å². The second kappa shape index (κ2) is 8.84. The highest BCUT2D eigenvalue weighted by molar-refractivity contribution is 6.06. The number of carbonyl (C=O) groups is 2. The Balaban J connectivity index is 1.45. The number of nitrogens with one attached hydrogen (secondary N) is 3. The molecule has 2 aliphatic rings. The van der Waals surface area contributed by atoms with E-state index in [1.165, 1.54) is 29.7 Å². The first-order valence-corrected chi connectivity index (χ1v) is 10.6. The fourth-order valence-corrected chi connectivity index (χ4v) is 4.07. The third kappa shape index (κ3) is 4.38. The Morgan fingerprint density at radius 2 is 1.93 bits per heavy atom. The van der Waals surface area contributed by atoms with Crippen LogP contribution in [0.5, 0.6) is 0 Å². The van der Waals surface area contributed by atoms with Gasteiger partial charge in [-0.15, -0.1) is 0 Å². The summed E-state index contributed by atoms with van der Waals surface area (Å²) in [4.78, 5) is 30.1. The van der Waals surface area contributed by atoms with E-state index in [2.05, 4.69) is 51.3 Å². The Hall–Kier alpha value is -2.57.